The second-order valence-corrected chi connectivity index (χ2v) is 3.53. The van der Waals surface area contributed by atoms with Crippen molar-refractivity contribution >= 4 is 17.2 Å². The average molecular weight is 210 g/mol. The number of fused-ring (bicyclic) bond motifs is 1. The Kier molecular flexibility index (Phi) is 2.93. The molecule has 0 saturated carbocycles. The molecule has 0 aliphatic rings. The zero-order chi connectivity index (χ0) is 11.4. The minimum atomic E-state index is 0.488. The third-order valence-corrected chi connectivity index (χ3v) is 2.49. The van der Waals surface area contributed by atoms with Crippen LogP contribution in [0.5, 0.6) is 0 Å². The van der Waals surface area contributed by atoms with Crippen LogP contribution in [-0.2, 0) is 6.42 Å². The number of carbonyl (C=O) groups is 1. The molecule has 0 spiro atoms. The van der Waals surface area contributed by atoms with Gasteiger partial charge in [-0.15, -0.1) is 0 Å². The Bertz CT molecular complexity index is 570. The summed E-state index contributed by atoms with van der Waals surface area (Å²) < 4.78 is 0. The molecule has 3 heteroatoms. The topological polar surface area (TPSA) is 53.8 Å². The van der Waals surface area contributed by atoms with Crippen molar-refractivity contribution in [2.75, 3.05) is 0 Å². The lowest BCUT2D eigenvalue weighted by molar-refractivity contribution is 0.112. The van der Waals surface area contributed by atoms with Gasteiger partial charge in [0.1, 0.15) is 0 Å². The molecule has 0 amide bonds. The van der Waals surface area contributed by atoms with Crippen molar-refractivity contribution in [3.05, 3.63) is 41.6 Å². The zero-order valence-electron chi connectivity index (χ0n) is 8.68. The van der Waals surface area contributed by atoms with Gasteiger partial charge in [-0.2, -0.15) is 5.26 Å². The van der Waals surface area contributed by atoms with Crippen molar-refractivity contribution in [2.24, 2.45) is 0 Å². The van der Waals surface area contributed by atoms with Crippen molar-refractivity contribution in [1.29, 1.82) is 5.26 Å². The summed E-state index contributed by atoms with van der Waals surface area (Å²) in [6.07, 6.45) is 3.65. The number of aromatic nitrogens is 1. The van der Waals surface area contributed by atoms with Crippen LogP contribution in [0.15, 0.2) is 30.5 Å². The second kappa shape index (κ2) is 4.54. The summed E-state index contributed by atoms with van der Waals surface area (Å²) in [7, 11) is 0. The number of benzene rings is 1. The van der Waals surface area contributed by atoms with Gasteiger partial charge in [-0.05, 0) is 30.2 Å². The number of hydrogen-bond donors (Lipinski definition) is 0. The smallest absolute Gasteiger partial charge is 0.150 e. The molecular formula is C13H10N2O. The highest BCUT2D eigenvalue weighted by Crippen LogP contribution is 2.17. The molecule has 0 aliphatic carbocycles. The summed E-state index contributed by atoms with van der Waals surface area (Å²) in [6, 6.07) is 9.57. The van der Waals surface area contributed by atoms with E-state index < -0.39 is 0 Å². The Labute approximate surface area is 93.3 Å². The summed E-state index contributed by atoms with van der Waals surface area (Å²) in [6.45, 7) is 0. The van der Waals surface area contributed by atoms with Crippen LogP contribution in [0.1, 0.15) is 22.3 Å². The first-order valence-corrected chi connectivity index (χ1v) is 5.05. The summed E-state index contributed by atoms with van der Waals surface area (Å²) >= 11 is 0. The Morgan fingerprint density at radius 2 is 2.25 bits per heavy atom. The molecule has 0 bridgehead atoms. The molecule has 0 aliphatic heterocycles. The first-order chi connectivity index (χ1) is 7.85. The summed E-state index contributed by atoms with van der Waals surface area (Å²) in [4.78, 5) is 15.1. The van der Waals surface area contributed by atoms with E-state index in [0.29, 0.717) is 18.4 Å². The number of carbonyl (C=O) groups excluding carboxylic acids is 1. The number of aldehydes is 1. The molecule has 0 radical (unpaired) electrons. The summed E-state index contributed by atoms with van der Waals surface area (Å²) in [5.41, 5.74) is 2.51. The van der Waals surface area contributed by atoms with Crippen LogP contribution in [0.25, 0.3) is 10.9 Å². The molecule has 3 nitrogen and oxygen atoms in total. The highest BCUT2D eigenvalue weighted by molar-refractivity contribution is 5.96. The van der Waals surface area contributed by atoms with Crippen molar-refractivity contribution in [3.63, 3.8) is 0 Å². The minimum Gasteiger partial charge on any atom is -0.298 e. The van der Waals surface area contributed by atoms with E-state index in [1.807, 2.05) is 18.2 Å². The monoisotopic (exact) mass is 210 g/mol. The van der Waals surface area contributed by atoms with Gasteiger partial charge in [-0.3, -0.25) is 9.78 Å². The zero-order valence-corrected chi connectivity index (χ0v) is 8.68. The second-order valence-electron chi connectivity index (χ2n) is 3.53. The Morgan fingerprint density at radius 3 is 3.00 bits per heavy atom. The van der Waals surface area contributed by atoms with Gasteiger partial charge in [-0.1, -0.05) is 6.07 Å². The highest BCUT2D eigenvalue weighted by Gasteiger charge is 2.02. The van der Waals surface area contributed by atoms with Crippen LogP contribution >= 0.6 is 0 Å². The van der Waals surface area contributed by atoms with E-state index in [9.17, 15) is 4.79 Å². The van der Waals surface area contributed by atoms with Gasteiger partial charge >= 0.3 is 0 Å². The highest BCUT2D eigenvalue weighted by atomic mass is 16.1. The number of nitrogens with zero attached hydrogens (tertiary/aromatic N) is 2. The van der Waals surface area contributed by atoms with E-state index in [0.717, 1.165) is 22.8 Å². The van der Waals surface area contributed by atoms with E-state index >= 15 is 0 Å². The number of rotatable bonds is 3. The standard InChI is InChI=1S/C13H10N2O/c14-6-1-2-10-3-4-13-12(8-10)11(9-16)5-7-15-13/h3-5,7-9H,1-2H2. The van der Waals surface area contributed by atoms with E-state index in [-0.39, 0.29) is 0 Å². The fourth-order valence-electron chi connectivity index (χ4n) is 1.67. The third-order valence-electron chi connectivity index (χ3n) is 2.49. The fourth-order valence-corrected chi connectivity index (χ4v) is 1.67. The van der Waals surface area contributed by atoms with Crippen molar-refractivity contribution in [3.8, 4) is 6.07 Å². The predicted octanol–water partition coefficient (Wildman–Crippen LogP) is 2.50. The van der Waals surface area contributed by atoms with Crippen LogP contribution in [0, 0.1) is 11.3 Å². The van der Waals surface area contributed by atoms with Gasteiger partial charge in [0.2, 0.25) is 0 Å². The van der Waals surface area contributed by atoms with E-state index in [1.54, 1.807) is 12.3 Å². The minimum absolute atomic E-state index is 0.488. The largest absolute Gasteiger partial charge is 0.298 e. The first-order valence-electron chi connectivity index (χ1n) is 5.05. The lowest BCUT2D eigenvalue weighted by Gasteiger charge is -2.02. The normalized spacial score (nSPS) is 9.94. The molecule has 1 aromatic carbocycles. The van der Waals surface area contributed by atoms with E-state index in [2.05, 4.69) is 11.1 Å². The van der Waals surface area contributed by atoms with Crippen molar-refractivity contribution in [1.82, 2.24) is 4.98 Å². The van der Waals surface area contributed by atoms with Gasteiger partial charge in [0.25, 0.3) is 0 Å². The maximum absolute atomic E-state index is 10.9. The molecule has 78 valence electrons. The maximum Gasteiger partial charge on any atom is 0.150 e. The van der Waals surface area contributed by atoms with Gasteiger partial charge in [0.15, 0.2) is 6.29 Å². The number of aryl methyl sites for hydroxylation is 1. The number of nitriles is 1. The molecule has 0 saturated heterocycles. The molecule has 0 N–H and O–H groups in total. The molecule has 1 heterocycles. The molecular weight excluding hydrogens is 200 g/mol. The van der Waals surface area contributed by atoms with Crippen LogP contribution in [0.3, 0.4) is 0 Å². The first kappa shape index (κ1) is 10.3. The fraction of sp³-hybridized carbons (Fsp3) is 0.154. The molecule has 2 rings (SSSR count). The van der Waals surface area contributed by atoms with E-state index in [1.165, 1.54) is 0 Å². The average Bonchev–Trinajstić information content (AvgIpc) is 2.35. The molecule has 0 fully saturated rings. The summed E-state index contributed by atoms with van der Waals surface area (Å²) in [5, 5.41) is 9.38. The Hall–Kier alpha value is -2.21. The number of hydrogen-bond acceptors (Lipinski definition) is 3. The predicted molar refractivity (Wildman–Crippen MR) is 61.1 cm³/mol. The maximum atomic E-state index is 10.9. The van der Waals surface area contributed by atoms with E-state index in [4.69, 9.17) is 5.26 Å². The van der Waals surface area contributed by atoms with Gasteiger partial charge < -0.3 is 0 Å². The number of pyridine rings is 1. The van der Waals surface area contributed by atoms with Crippen molar-refractivity contribution < 1.29 is 4.79 Å². The van der Waals surface area contributed by atoms with Crippen LogP contribution in [0.4, 0.5) is 0 Å². The Balaban J connectivity index is 2.51. The summed E-state index contributed by atoms with van der Waals surface area (Å²) in [5.74, 6) is 0. The van der Waals surface area contributed by atoms with Gasteiger partial charge in [-0.25, -0.2) is 0 Å². The third kappa shape index (κ3) is 1.91. The van der Waals surface area contributed by atoms with Gasteiger partial charge in [0.05, 0.1) is 11.6 Å². The lowest BCUT2D eigenvalue weighted by Crippen LogP contribution is -1.89. The van der Waals surface area contributed by atoms with Gasteiger partial charge in [0, 0.05) is 23.6 Å². The van der Waals surface area contributed by atoms with Crippen molar-refractivity contribution in [2.45, 2.75) is 12.8 Å². The quantitative estimate of drug-likeness (QED) is 0.731. The molecule has 0 unspecified atom stereocenters. The lowest BCUT2D eigenvalue weighted by atomic mass is 10.0. The Morgan fingerprint density at radius 1 is 1.38 bits per heavy atom. The SMILES string of the molecule is N#CCCc1ccc2nccc(C=O)c2c1. The molecule has 2 aromatic rings. The van der Waals surface area contributed by atoms with Crippen LogP contribution < -0.4 is 0 Å². The van der Waals surface area contributed by atoms with Crippen LogP contribution in [0.2, 0.25) is 0 Å². The molecule has 16 heavy (non-hydrogen) atoms. The van der Waals surface area contributed by atoms with Crippen LogP contribution in [-0.4, -0.2) is 11.3 Å². The molecule has 0 atom stereocenters. The molecule has 1 aromatic heterocycles.